The molecular formula is C18H36N4O. The molecule has 0 aromatic heterocycles. The molecule has 5 nitrogen and oxygen atoms in total. The molecule has 2 amide bonds. The van der Waals surface area contributed by atoms with Crippen LogP contribution in [-0.2, 0) is 0 Å². The number of hydrogen-bond acceptors (Lipinski definition) is 3. The van der Waals surface area contributed by atoms with Crippen LogP contribution in [0.5, 0.6) is 0 Å². The second-order valence-corrected chi connectivity index (χ2v) is 8.01. The molecule has 2 aliphatic rings. The summed E-state index contributed by atoms with van der Waals surface area (Å²) in [5.74, 6) is 1.38. The van der Waals surface area contributed by atoms with E-state index in [1.807, 2.05) is 4.90 Å². The van der Waals surface area contributed by atoms with E-state index >= 15 is 0 Å². The number of nitrogens with zero attached hydrogens (tertiary/aromatic N) is 3. The largest absolute Gasteiger partial charge is 0.336 e. The van der Waals surface area contributed by atoms with Crippen molar-refractivity contribution >= 4 is 6.03 Å². The topological polar surface area (TPSA) is 38.8 Å². The van der Waals surface area contributed by atoms with E-state index in [1.54, 1.807) is 0 Å². The van der Waals surface area contributed by atoms with Gasteiger partial charge in [0.05, 0.1) is 0 Å². The standard InChI is InChI=1S/C18H36N4O/c1-15(2)13-16(3)19-18(23)22-7-5-17(6-8-22)14-21-11-9-20(4)10-12-21/h15-17H,5-14H2,1-4H3,(H,19,23)/t16-/m0/s1. The average Bonchev–Trinajstić information content (AvgIpc) is 2.49. The highest BCUT2D eigenvalue weighted by Crippen LogP contribution is 2.19. The fourth-order valence-corrected chi connectivity index (χ4v) is 3.78. The second kappa shape index (κ2) is 8.88. The van der Waals surface area contributed by atoms with Gasteiger partial charge in [0.25, 0.3) is 0 Å². The summed E-state index contributed by atoms with van der Waals surface area (Å²) < 4.78 is 0. The zero-order chi connectivity index (χ0) is 16.8. The van der Waals surface area contributed by atoms with E-state index in [-0.39, 0.29) is 12.1 Å². The molecule has 0 spiro atoms. The average molecular weight is 325 g/mol. The van der Waals surface area contributed by atoms with Gasteiger partial charge < -0.3 is 20.0 Å². The minimum Gasteiger partial charge on any atom is -0.336 e. The molecule has 0 saturated carbocycles. The maximum absolute atomic E-state index is 12.3. The summed E-state index contributed by atoms with van der Waals surface area (Å²) in [6, 6.07) is 0.404. The van der Waals surface area contributed by atoms with Crippen LogP contribution in [0.4, 0.5) is 4.79 Å². The van der Waals surface area contributed by atoms with Crippen LogP contribution in [-0.4, -0.2) is 79.6 Å². The molecule has 2 rings (SSSR count). The molecule has 134 valence electrons. The number of piperidine rings is 1. The zero-order valence-electron chi connectivity index (χ0n) is 15.6. The molecule has 2 fully saturated rings. The first-order valence-electron chi connectivity index (χ1n) is 9.40. The lowest BCUT2D eigenvalue weighted by Gasteiger charge is -2.38. The Kier molecular flexibility index (Phi) is 7.15. The van der Waals surface area contributed by atoms with Crippen molar-refractivity contribution in [2.45, 2.75) is 46.1 Å². The van der Waals surface area contributed by atoms with E-state index in [9.17, 15) is 4.79 Å². The summed E-state index contributed by atoms with van der Waals surface area (Å²) in [5.41, 5.74) is 0. The smallest absolute Gasteiger partial charge is 0.317 e. The highest BCUT2D eigenvalue weighted by atomic mass is 16.2. The van der Waals surface area contributed by atoms with E-state index in [1.165, 1.54) is 32.7 Å². The lowest BCUT2D eigenvalue weighted by molar-refractivity contribution is 0.110. The summed E-state index contributed by atoms with van der Waals surface area (Å²) in [4.78, 5) is 19.3. The van der Waals surface area contributed by atoms with Crippen molar-refractivity contribution in [1.29, 1.82) is 0 Å². The van der Waals surface area contributed by atoms with Crippen molar-refractivity contribution in [3.05, 3.63) is 0 Å². The third-order valence-corrected chi connectivity index (χ3v) is 5.21. The normalized spacial score (nSPS) is 23.3. The Bertz CT molecular complexity index is 358. The van der Waals surface area contributed by atoms with Gasteiger partial charge in [-0.05, 0) is 45.1 Å². The maximum Gasteiger partial charge on any atom is 0.317 e. The summed E-state index contributed by atoms with van der Waals surface area (Å²) in [6.45, 7) is 14.3. The molecule has 2 saturated heterocycles. The van der Waals surface area contributed by atoms with E-state index in [0.717, 1.165) is 38.3 Å². The molecule has 0 aliphatic carbocycles. The summed E-state index contributed by atoms with van der Waals surface area (Å²) in [6.07, 6.45) is 3.35. The minimum absolute atomic E-state index is 0.135. The third kappa shape index (κ3) is 6.30. The van der Waals surface area contributed by atoms with E-state index in [0.29, 0.717) is 5.92 Å². The van der Waals surface area contributed by atoms with Gasteiger partial charge in [0.2, 0.25) is 0 Å². The van der Waals surface area contributed by atoms with Crippen LogP contribution >= 0.6 is 0 Å². The number of rotatable bonds is 5. The van der Waals surface area contributed by atoms with Crippen molar-refractivity contribution in [3.8, 4) is 0 Å². The monoisotopic (exact) mass is 324 g/mol. The molecule has 0 bridgehead atoms. The van der Waals surface area contributed by atoms with Crippen LogP contribution in [0.2, 0.25) is 0 Å². The van der Waals surface area contributed by atoms with Crippen molar-refractivity contribution in [3.63, 3.8) is 0 Å². The lowest BCUT2D eigenvalue weighted by Crippen LogP contribution is -2.50. The highest BCUT2D eigenvalue weighted by Gasteiger charge is 2.25. The molecular weight excluding hydrogens is 288 g/mol. The molecule has 2 aliphatic heterocycles. The number of likely N-dealkylation sites (tertiary alicyclic amines) is 1. The Morgan fingerprint density at radius 1 is 1.04 bits per heavy atom. The Balaban J connectivity index is 1.66. The number of likely N-dealkylation sites (N-methyl/N-ethyl adjacent to an activating group) is 1. The van der Waals surface area contributed by atoms with Crippen LogP contribution in [0.15, 0.2) is 0 Å². The first kappa shape index (κ1) is 18.5. The Morgan fingerprint density at radius 2 is 1.65 bits per heavy atom. The van der Waals surface area contributed by atoms with Gasteiger partial charge in [0.1, 0.15) is 0 Å². The molecule has 0 radical (unpaired) electrons. The number of amides is 2. The highest BCUT2D eigenvalue weighted by molar-refractivity contribution is 5.74. The van der Waals surface area contributed by atoms with Crippen LogP contribution in [0.1, 0.15) is 40.0 Å². The molecule has 0 unspecified atom stereocenters. The predicted molar refractivity (Wildman–Crippen MR) is 95.7 cm³/mol. The van der Waals surface area contributed by atoms with Gasteiger partial charge in [0, 0.05) is 51.9 Å². The Labute approximate surface area is 142 Å². The number of carbonyl (C=O) groups excluding carboxylic acids is 1. The number of piperazine rings is 1. The van der Waals surface area contributed by atoms with E-state index in [2.05, 4.69) is 42.9 Å². The number of urea groups is 1. The van der Waals surface area contributed by atoms with Crippen LogP contribution in [0.3, 0.4) is 0 Å². The summed E-state index contributed by atoms with van der Waals surface area (Å²) in [5, 5.41) is 3.15. The minimum atomic E-state index is 0.135. The van der Waals surface area contributed by atoms with Crippen molar-refractivity contribution < 1.29 is 4.79 Å². The van der Waals surface area contributed by atoms with Gasteiger partial charge in [-0.3, -0.25) is 0 Å². The number of hydrogen-bond donors (Lipinski definition) is 1. The molecule has 2 heterocycles. The van der Waals surface area contributed by atoms with Gasteiger partial charge in [-0.25, -0.2) is 4.79 Å². The van der Waals surface area contributed by atoms with Gasteiger partial charge in [0.15, 0.2) is 0 Å². The Hall–Kier alpha value is -0.810. The van der Waals surface area contributed by atoms with Gasteiger partial charge in [-0.1, -0.05) is 13.8 Å². The quantitative estimate of drug-likeness (QED) is 0.842. The first-order valence-corrected chi connectivity index (χ1v) is 9.40. The van der Waals surface area contributed by atoms with Gasteiger partial charge in [-0.2, -0.15) is 0 Å². The maximum atomic E-state index is 12.3. The molecule has 0 aromatic carbocycles. The molecule has 0 aromatic rings. The lowest BCUT2D eigenvalue weighted by atomic mass is 9.96. The van der Waals surface area contributed by atoms with Crippen LogP contribution < -0.4 is 5.32 Å². The third-order valence-electron chi connectivity index (χ3n) is 5.21. The van der Waals surface area contributed by atoms with Crippen LogP contribution in [0, 0.1) is 11.8 Å². The molecule has 23 heavy (non-hydrogen) atoms. The van der Waals surface area contributed by atoms with Crippen molar-refractivity contribution in [1.82, 2.24) is 20.0 Å². The van der Waals surface area contributed by atoms with Crippen molar-refractivity contribution in [2.75, 3.05) is 52.9 Å². The predicted octanol–water partition coefficient (Wildman–Crippen LogP) is 2.09. The van der Waals surface area contributed by atoms with Gasteiger partial charge >= 0.3 is 6.03 Å². The van der Waals surface area contributed by atoms with E-state index < -0.39 is 0 Å². The Morgan fingerprint density at radius 3 is 2.22 bits per heavy atom. The first-order chi connectivity index (χ1) is 10.9. The molecule has 5 heteroatoms. The summed E-state index contributed by atoms with van der Waals surface area (Å²) >= 11 is 0. The van der Waals surface area contributed by atoms with Crippen LogP contribution in [0.25, 0.3) is 0 Å². The van der Waals surface area contributed by atoms with E-state index in [4.69, 9.17) is 0 Å². The SMILES string of the molecule is CC(C)C[C@H](C)NC(=O)N1CCC(CN2CCN(C)CC2)CC1. The van der Waals surface area contributed by atoms with Crippen molar-refractivity contribution in [2.24, 2.45) is 11.8 Å². The second-order valence-electron chi connectivity index (χ2n) is 8.01. The number of carbonyl (C=O) groups is 1. The fourth-order valence-electron chi connectivity index (χ4n) is 3.78. The summed E-state index contributed by atoms with van der Waals surface area (Å²) in [7, 11) is 2.20. The zero-order valence-corrected chi connectivity index (χ0v) is 15.6. The van der Waals surface area contributed by atoms with Gasteiger partial charge in [-0.15, -0.1) is 0 Å². The number of nitrogens with one attached hydrogen (secondary N) is 1. The fraction of sp³-hybridized carbons (Fsp3) is 0.944. The molecule has 1 atom stereocenters. The molecule has 1 N–H and O–H groups in total.